The fourth-order valence-electron chi connectivity index (χ4n) is 3.09. The molecule has 0 aromatic heterocycles. The number of benzene rings is 2. The van der Waals surface area contributed by atoms with Crippen LogP contribution in [0, 0.1) is 5.92 Å². The second-order valence-electron chi connectivity index (χ2n) is 6.76. The molecule has 0 saturated carbocycles. The van der Waals surface area contributed by atoms with E-state index in [1.54, 1.807) is 5.31 Å². The van der Waals surface area contributed by atoms with Gasteiger partial charge in [0.2, 0.25) is 0 Å². The van der Waals surface area contributed by atoms with E-state index in [0.717, 1.165) is 43.5 Å². The van der Waals surface area contributed by atoms with Crippen LogP contribution >= 0.6 is 7.60 Å². The molecule has 1 saturated heterocycles. The monoisotopic (exact) mass is 374 g/mol. The van der Waals surface area contributed by atoms with Crippen molar-refractivity contribution >= 4 is 7.60 Å². The first-order valence-electron chi connectivity index (χ1n) is 9.77. The van der Waals surface area contributed by atoms with Gasteiger partial charge in [-0.1, -0.05) is 60.7 Å². The summed E-state index contributed by atoms with van der Waals surface area (Å²) in [7, 11) is -3.19. The zero-order valence-electron chi connectivity index (χ0n) is 16.1. The fourth-order valence-corrected chi connectivity index (χ4v) is 4.80. The first kappa shape index (κ1) is 17.9. The van der Waals surface area contributed by atoms with Crippen LogP contribution in [0.4, 0.5) is 0 Å². The van der Waals surface area contributed by atoms with E-state index in [0.29, 0.717) is 12.1 Å². The highest BCUT2D eigenvalue weighted by atomic mass is 31.2. The number of nitrogens with one attached hydrogen (secondary N) is 1. The molecule has 0 spiro atoms. The van der Waals surface area contributed by atoms with Gasteiger partial charge in [0.05, 0.1) is 19.4 Å². The van der Waals surface area contributed by atoms with Crippen molar-refractivity contribution in [2.45, 2.75) is 32.5 Å². The lowest BCUT2D eigenvalue weighted by atomic mass is 9.96. The smallest absolute Gasteiger partial charge is 0.317 e. The largest absolute Gasteiger partial charge is 0.331 e. The molecule has 0 unspecified atom stereocenters. The lowest BCUT2D eigenvalue weighted by Gasteiger charge is -2.25. The Balaban J connectivity index is 1.58. The topological polar surface area (TPSA) is 47.6 Å². The Morgan fingerprint density at radius 2 is 1.42 bits per heavy atom. The Labute approximate surface area is 157 Å². The predicted octanol–water partition coefficient (Wildman–Crippen LogP) is 5.00. The van der Waals surface area contributed by atoms with Gasteiger partial charge in [-0.15, -0.1) is 0 Å². The van der Waals surface area contributed by atoms with E-state index < -0.39 is 7.60 Å². The molecule has 0 aliphatic carbocycles. The molecule has 5 heteroatoms. The molecule has 26 heavy (non-hydrogen) atoms. The maximum Gasteiger partial charge on any atom is 0.331 e. The van der Waals surface area contributed by atoms with Gasteiger partial charge in [-0.3, -0.25) is 4.57 Å². The molecule has 2 aromatic carbocycles. The van der Waals surface area contributed by atoms with Crippen LogP contribution in [0.2, 0.25) is 1.41 Å². The zero-order chi connectivity index (χ0) is 19.0. The molecular weight excluding hydrogens is 345 g/mol. The number of piperidine rings is 1. The zero-order valence-corrected chi connectivity index (χ0v) is 16.0. The molecule has 1 aliphatic heterocycles. The normalized spacial score (nSPS) is 17.2. The minimum Gasteiger partial charge on any atom is -0.317 e. The SMILES string of the molecule is [2H]N1CCC(CCP(=O)(OCc2ccccc2)OCc2ccccc2)CC1. The summed E-state index contributed by atoms with van der Waals surface area (Å²) in [4.78, 5) is 0. The molecule has 0 radical (unpaired) electrons. The van der Waals surface area contributed by atoms with Crippen LogP contribution in [0.3, 0.4) is 0 Å². The lowest BCUT2D eigenvalue weighted by Crippen LogP contribution is -2.28. The highest BCUT2D eigenvalue weighted by Gasteiger charge is 2.27. The first-order valence-corrected chi connectivity index (χ1v) is 11.1. The minimum atomic E-state index is -3.19. The molecule has 1 N–H and O–H groups in total. The molecule has 0 amide bonds. The Morgan fingerprint density at radius 3 is 1.92 bits per heavy atom. The Bertz CT molecular complexity index is 673. The maximum absolute atomic E-state index is 13.4. The fraction of sp³-hybridized carbons (Fsp3) is 0.429. The van der Waals surface area contributed by atoms with Crippen LogP contribution in [0.5, 0.6) is 0 Å². The molecule has 3 rings (SSSR count). The van der Waals surface area contributed by atoms with Crippen molar-refractivity contribution < 1.29 is 15.0 Å². The molecule has 0 atom stereocenters. The predicted molar refractivity (Wildman–Crippen MR) is 105 cm³/mol. The standard InChI is InChI=1S/C21H28NO3P/c23-26(16-13-19-11-14-22-15-12-19,24-17-20-7-3-1-4-8-20)25-18-21-9-5-2-6-10-21/h1-10,19,22H,11-18H2/i/hD. The average Bonchev–Trinajstić information content (AvgIpc) is 2.72. The van der Waals surface area contributed by atoms with E-state index in [4.69, 9.17) is 10.5 Å². The second-order valence-corrected chi connectivity index (χ2v) is 8.94. The molecule has 1 aliphatic rings. The summed E-state index contributed by atoms with van der Waals surface area (Å²) in [6, 6.07) is 19.5. The highest BCUT2D eigenvalue weighted by molar-refractivity contribution is 7.53. The van der Waals surface area contributed by atoms with E-state index >= 15 is 0 Å². The minimum absolute atomic E-state index is 0.290. The molecule has 0 bridgehead atoms. The maximum atomic E-state index is 13.4. The van der Waals surface area contributed by atoms with E-state index in [1.165, 1.54) is 0 Å². The third-order valence-electron chi connectivity index (χ3n) is 4.74. The highest BCUT2D eigenvalue weighted by Crippen LogP contribution is 2.51. The van der Waals surface area contributed by atoms with Crippen molar-refractivity contribution in [2.24, 2.45) is 5.92 Å². The van der Waals surface area contributed by atoms with Gasteiger partial charge in [0.25, 0.3) is 0 Å². The number of hydrogen-bond acceptors (Lipinski definition) is 4. The van der Waals surface area contributed by atoms with Crippen molar-refractivity contribution in [3.8, 4) is 0 Å². The van der Waals surface area contributed by atoms with Crippen molar-refractivity contribution in [3.05, 3.63) is 71.8 Å². The van der Waals surface area contributed by atoms with E-state index in [2.05, 4.69) is 0 Å². The molecule has 140 valence electrons. The molecule has 2 aromatic rings. The van der Waals surface area contributed by atoms with E-state index in [-0.39, 0.29) is 13.2 Å². The molecule has 4 nitrogen and oxygen atoms in total. The van der Waals surface area contributed by atoms with Gasteiger partial charge in [0.15, 0.2) is 0 Å². The Morgan fingerprint density at radius 1 is 0.923 bits per heavy atom. The van der Waals surface area contributed by atoms with E-state index in [1.807, 2.05) is 60.7 Å². The van der Waals surface area contributed by atoms with Crippen LogP contribution in [0.25, 0.3) is 0 Å². The van der Waals surface area contributed by atoms with Crippen molar-refractivity contribution in [3.63, 3.8) is 0 Å². The van der Waals surface area contributed by atoms with Crippen molar-refractivity contribution in [1.29, 1.82) is 0 Å². The molecule has 1 heterocycles. The number of rotatable bonds is 9. The third kappa shape index (κ3) is 6.37. The van der Waals surface area contributed by atoms with Gasteiger partial charge >= 0.3 is 7.60 Å². The van der Waals surface area contributed by atoms with Crippen molar-refractivity contribution in [1.82, 2.24) is 5.31 Å². The number of hydrogen-bond donors (Lipinski definition) is 1. The summed E-state index contributed by atoms with van der Waals surface area (Å²) < 4.78 is 32.7. The van der Waals surface area contributed by atoms with Crippen LogP contribution < -0.4 is 5.31 Å². The second kappa shape index (κ2) is 10.0. The summed E-state index contributed by atoms with van der Waals surface area (Å²) in [6.07, 6.45) is 3.19. The summed E-state index contributed by atoms with van der Waals surface area (Å²) in [5, 5.41) is 1.61. The van der Waals surface area contributed by atoms with E-state index in [9.17, 15) is 4.57 Å². The van der Waals surface area contributed by atoms with Gasteiger partial charge in [0, 0.05) is 0 Å². The first-order chi connectivity index (χ1) is 13.1. The van der Waals surface area contributed by atoms with Gasteiger partial charge in [0.1, 0.15) is 1.41 Å². The van der Waals surface area contributed by atoms with Gasteiger partial charge in [-0.2, -0.15) is 0 Å². The average molecular weight is 374 g/mol. The van der Waals surface area contributed by atoms with Gasteiger partial charge in [-0.05, 0) is 49.4 Å². The lowest BCUT2D eigenvalue weighted by molar-refractivity contribution is 0.188. The summed E-state index contributed by atoms with van der Waals surface area (Å²) in [5.74, 6) is 0.487. The van der Waals surface area contributed by atoms with Gasteiger partial charge < -0.3 is 14.4 Å². The third-order valence-corrected chi connectivity index (χ3v) is 6.59. The Hall–Kier alpha value is -1.45. The summed E-state index contributed by atoms with van der Waals surface area (Å²) in [5.41, 5.74) is 1.98. The van der Waals surface area contributed by atoms with Gasteiger partial charge in [-0.25, -0.2) is 0 Å². The summed E-state index contributed by atoms with van der Waals surface area (Å²) in [6.45, 7) is 2.14. The quantitative estimate of drug-likeness (QED) is 0.627. The van der Waals surface area contributed by atoms with Crippen LogP contribution in [0.1, 0.15) is 30.4 Å². The van der Waals surface area contributed by atoms with Crippen LogP contribution in [-0.2, 0) is 26.8 Å². The molecule has 1 fully saturated rings. The van der Waals surface area contributed by atoms with Crippen molar-refractivity contribution in [2.75, 3.05) is 19.3 Å². The molecular formula is C21H28NO3P. The Kier molecular flexibility index (Phi) is 6.92. The van der Waals surface area contributed by atoms with Crippen LogP contribution in [0.15, 0.2) is 60.7 Å². The van der Waals surface area contributed by atoms with Crippen LogP contribution in [-0.4, -0.2) is 19.3 Å². The summed E-state index contributed by atoms with van der Waals surface area (Å²) >= 11 is 0.